The molecule has 0 amide bonds. The van der Waals surface area contributed by atoms with Gasteiger partial charge in [0.2, 0.25) is 0 Å². The first-order chi connectivity index (χ1) is 10.2. The molecule has 4 nitrogen and oxygen atoms in total. The molecule has 0 unspecified atom stereocenters. The number of furan rings is 1. The van der Waals surface area contributed by atoms with Gasteiger partial charge in [-0.2, -0.15) is 5.26 Å². The quantitative estimate of drug-likeness (QED) is 0.692. The molecule has 1 heterocycles. The van der Waals surface area contributed by atoms with Crippen molar-refractivity contribution in [3.8, 4) is 28.9 Å². The van der Waals surface area contributed by atoms with Gasteiger partial charge in [-0.25, -0.2) is 0 Å². The van der Waals surface area contributed by atoms with E-state index in [0.717, 1.165) is 5.56 Å². The van der Waals surface area contributed by atoms with Crippen LogP contribution in [0.2, 0.25) is 0 Å². The van der Waals surface area contributed by atoms with E-state index < -0.39 is 0 Å². The number of phenols is 2. The van der Waals surface area contributed by atoms with Gasteiger partial charge in [-0.15, -0.1) is 0 Å². The van der Waals surface area contributed by atoms with Gasteiger partial charge in [0.25, 0.3) is 0 Å². The van der Waals surface area contributed by atoms with Crippen LogP contribution in [0.25, 0.3) is 22.3 Å². The molecule has 3 aromatic rings. The first kappa shape index (κ1) is 14.5. The van der Waals surface area contributed by atoms with Crippen molar-refractivity contribution < 1.29 is 14.6 Å². The molecule has 0 aliphatic carbocycles. The first-order valence-corrected chi connectivity index (χ1v) is 6.63. The van der Waals surface area contributed by atoms with Gasteiger partial charge in [-0.1, -0.05) is 13.8 Å². The molecule has 0 spiro atoms. The highest BCUT2D eigenvalue weighted by molar-refractivity contribution is 5.88. The Balaban J connectivity index is 0.000000774. The maximum atomic E-state index is 9.53. The molecule has 0 bridgehead atoms. The Hall–Kier alpha value is -2.93. The van der Waals surface area contributed by atoms with Crippen molar-refractivity contribution >= 4 is 11.0 Å². The molecular formula is C17H15NO3. The van der Waals surface area contributed by atoms with Gasteiger partial charge in [0.05, 0.1) is 5.56 Å². The number of benzene rings is 2. The third-order valence-electron chi connectivity index (χ3n) is 2.87. The topological polar surface area (TPSA) is 77.4 Å². The highest BCUT2D eigenvalue weighted by Gasteiger charge is 2.11. The minimum atomic E-state index is 0.0297. The predicted molar refractivity (Wildman–Crippen MR) is 81.0 cm³/mol. The molecule has 0 aliphatic rings. The lowest BCUT2D eigenvalue weighted by Gasteiger charge is -1.96. The van der Waals surface area contributed by atoms with Crippen LogP contribution in [0.15, 0.2) is 46.9 Å². The standard InChI is InChI=1S/C15H9NO3.C2H6/c16-8-11-6-13(18)5-10-7-14(19-15(10)11)9-1-3-12(17)4-2-9;1-2/h1-7,17-18H;1-2H3. The summed E-state index contributed by atoms with van der Waals surface area (Å²) in [6.45, 7) is 4.00. The Kier molecular flexibility index (Phi) is 4.15. The molecule has 0 atom stereocenters. The second-order valence-corrected chi connectivity index (χ2v) is 4.18. The van der Waals surface area contributed by atoms with Gasteiger partial charge in [-0.3, -0.25) is 0 Å². The van der Waals surface area contributed by atoms with E-state index in [1.165, 1.54) is 6.07 Å². The fourth-order valence-electron chi connectivity index (χ4n) is 1.99. The molecule has 0 saturated carbocycles. The van der Waals surface area contributed by atoms with Gasteiger partial charge in [0, 0.05) is 17.0 Å². The molecule has 0 aliphatic heterocycles. The number of nitriles is 1. The molecule has 2 aromatic carbocycles. The van der Waals surface area contributed by atoms with Crippen LogP contribution in [0, 0.1) is 11.3 Å². The maximum absolute atomic E-state index is 9.53. The lowest BCUT2D eigenvalue weighted by molar-refractivity contribution is 0.474. The molecule has 4 heteroatoms. The fraction of sp³-hybridized carbons (Fsp3) is 0.118. The second-order valence-electron chi connectivity index (χ2n) is 4.18. The van der Waals surface area contributed by atoms with Gasteiger partial charge in [0.1, 0.15) is 23.3 Å². The lowest BCUT2D eigenvalue weighted by atomic mass is 10.1. The van der Waals surface area contributed by atoms with E-state index >= 15 is 0 Å². The van der Waals surface area contributed by atoms with Crippen molar-refractivity contribution in [3.05, 3.63) is 48.0 Å². The summed E-state index contributed by atoms with van der Waals surface area (Å²) in [5, 5.41) is 28.5. The van der Waals surface area contributed by atoms with E-state index in [2.05, 4.69) is 0 Å². The number of fused-ring (bicyclic) bond motifs is 1. The SMILES string of the molecule is CC.N#Cc1cc(O)cc2cc(-c3ccc(O)cc3)oc12. The van der Waals surface area contributed by atoms with Crippen LogP contribution in [0.5, 0.6) is 11.5 Å². The van der Waals surface area contributed by atoms with Crippen LogP contribution in [0.1, 0.15) is 19.4 Å². The normalized spacial score (nSPS) is 9.76. The minimum Gasteiger partial charge on any atom is -0.508 e. The molecule has 106 valence electrons. The summed E-state index contributed by atoms with van der Waals surface area (Å²) < 4.78 is 5.66. The molecule has 0 radical (unpaired) electrons. The summed E-state index contributed by atoms with van der Waals surface area (Å²) in [5.74, 6) is 0.787. The number of hydrogen-bond donors (Lipinski definition) is 2. The number of nitrogens with zero attached hydrogens (tertiary/aromatic N) is 1. The number of phenolic OH excluding ortho intramolecular Hbond substituents is 2. The average Bonchev–Trinajstić information content (AvgIpc) is 2.93. The van der Waals surface area contributed by atoms with Crippen molar-refractivity contribution in [1.29, 1.82) is 5.26 Å². The predicted octanol–water partition coefficient (Wildman–Crippen LogP) is 4.41. The zero-order chi connectivity index (χ0) is 15.4. The Bertz CT molecular complexity index is 795. The van der Waals surface area contributed by atoms with Crippen molar-refractivity contribution in [2.75, 3.05) is 0 Å². The van der Waals surface area contributed by atoms with E-state index in [9.17, 15) is 10.2 Å². The summed E-state index contributed by atoms with van der Waals surface area (Å²) in [6, 6.07) is 13.2. The summed E-state index contributed by atoms with van der Waals surface area (Å²) >= 11 is 0. The zero-order valence-electron chi connectivity index (χ0n) is 11.8. The molecule has 1 aromatic heterocycles. The number of hydrogen-bond acceptors (Lipinski definition) is 4. The van der Waals surface area contributed by atoms with Crippen LogP contribution in [-0.2, 0) is 0 Å². The summed E-state index contributed by atoms with van der Waals surface area (Å²) in [5.41, 5.74) is 1.53. The Morgan fingerprint density at radius 3 is 2.24 bits per heavy atom. The average molecular weight is 281 g/mol. The first-order valence-electron chi connectivity index (χ1n) is 6.63. The van der Waals surface area contributed by atoms with Crippen LogP contribution >= 0.6 is 0 Å². The highest BCUT2D eigenvalue weighted by Crippen LogP contribution is 2.32. The van der Waals surface area contributed by atoms with Gasteiger partial charge >= 0.3 is 0 Å². The van der Waals surface area contributed by atoms with E-state index in [4.69, 9.17) is 9.68 Å². The Morgan fingerprint density at radius 2 is 1.62 bits per heavy atom. The molecule has 0 saturated heterocycles. The molecule has 2 N–H and O–H groups in total. The van der Waals surface area contributed by atoms with Crippen LogP contribution in [-0.4, -0.2) is 10.2 Å². The lowest BCUT2D eigenvalue weighted by Crippen LogP contribution is -1.74. The van der Waals surface area contributed by atoms with E-state index in [-0.39, 0.29) is 11.5 Å². The smallest absolute Gasteiger partial charge is 0.152 e. The van der Waals surface area contributed by atoms with Crippen molar-refractivity contribution in [1.82, 2.24) is 0 Å². The third kappa shape index (κ3) is 2.82. The molecular weight excluding hydrogens is 266 g/mol. The minimum absolute atomic E-state index is 0.0297. The highest BCUT2D eigenvalue weighted by atomic mass is 16.3. The largest absolute Gasteiger partial charge is 0.508 e. The van der Waals surface area contributed by atoms with Gasteiger partial charge in [-0.05, 0) is 36.4 Å². The summed E-state index contributed by atoms with van der Waals surface area (Å²) in [7, 11) is 0. The summed E-state index contributed by atoms with van der Waals surface area (Å²) in [6.07, 6.45) is 0. The van der Waals surface area contributed by atoms with Crippen LogP contribution in [0.4, 0.5) is 0 Å². The van der Waals surface area contributed by atoms with Crippen LogP contribution in [0.3, 0.4) is 0 Å². The second kappa shape index (κ2) is 6.02. The monoisotopic (exact) mass is 281 g/mol. The van der Waals surface area contributed by atoms with Crippen molar-refractivity contribution in [2.45, 2.75) is 13.8 Å². The number of rotatable bonds is 1. The Labute approximate surface area is 122 Å². The molecule has 21 heavy (non-hydrogen) atoms. The van der Waals surface area contributed by atoms with Crippen molar-refractivity contribution in [3.63, 3.8) is 0 Å². The van der Waals surface area contributed by atoms with E-state index in [0.29, 0.717) is 22.3 Å². The van der Waals surface area contributed by atoms with E-state index in [1.807, 2.05) is 19.9 Å². The molecule has 3 rings (SSSR count). The number of aromatic hydroxyl groups is 2. The molecule has 0 fully saturated rings. The van der Waals surface area contributed by atoms with Crippen molar-refractivity contribution in [2.24, 2.45) is 0 Å². The summed E-state index contributed by atoms with van der Waals surface area (Å²) in [4.78, 5) is 0. The third-order valence-corrected chi connectivity index (χ3v) is 2.87. The zero-order valence-corrected chi connectivity index (χ0v) is 11.8. The van der Waals surface area contributed by atoms with Gasteiger partial charge < -0.3 is 14.6 Å². The van der Waals surface area contributed by atoms with E-state index in [1.54, 1.807) is 36.4 Å². The maximum Gasteiger partial charge on any atom is 0.152 e. The fourth-order valence-corrected chi connectivity index (χ4v) is 1.99. The van der Waals surface area contributed by atoms with Crippen LogP contribution < -0.4 is 0 Å². The Morgan fingerprint density at radius 1 is 0.952 bits per heavy atom. The van der Waals surface area contributed by atoms with Gasteiger partial charge in [0.15, 0.2) is 5.58 Å².